The Morgan fingerprint density at radius 3 is 3.12 bits per heavy atom. The quantitative estimate of drug-likeness (QED) is 0.790. The van der Waals surface area contributed by atoms with Crippen molar-refractivity contribution in [3.05, 3.63) is 21.5 Å². The van der Waals surface area contributed by atoms with Gasteiger partial charge in [-0.05, 0) is 35.1 Å². The van der Waals surface area contributed by atoms with E-state index in [1.54, 1.807) is 13.2 Å². The fourth-order valence-corrected chi connectivity index (χ4v) is 3.14. The number of hydrogen-bond acceptors (Lipinski definition) is 3. The molecule has 0 saturated carbocycles. The predicted molar refractivity (Wildman–Crippen MR) is 74.2 cm³/mol. The molecule has 0 amide bonds. The molecule has 17 heavy (non-hydrogen) atoms. The zero-order valence-corrected chi connectivity index (χ0v) is 11.7. The Bertz CT molecular complexity index is 454. The molecule has 3 nitrogen and oxygen atoms in total. The maximum Gasteiger partial charge on any atom is 0.138 e. The number of anilines is 2. The fourth-order valence-electron chi connectivity index (χ4n) is 2.68. The Balaban J connectivity index is 1.98. The van der Waals surface area contributed by atoms with Crippen molar-refractivity contribution >= 4 is 34.0 Å². The molecule has 1 saturated heterocycles. The van der Waals surface area contributed by atoms with E-state index in [9.17, 15) is 4.39 Å². The molecule has 2 heterocycles. The maximum absolute atomic E-state index is 13.6. The smallest absolute Gasteiger partial charge is 0.138 e. The number of rotatable bonds is 1. The third kappa shape index (κ3) is 1.89. The summed E-state index contributed by atoms with van der Waals surface area (Å²) in [6, 6.07) is 3.93. The van der Waals surface area contributed by atoms with Crippen molar-refractivity contribution in [1.29, 1.82) is 0 Å². The molecule has 0 spiro atoms. The Morgan fingerprint density at radius 1 is 1.53 bits per heavy atom. The number of nitrogens with zero attached hydrogens (tertiary/aromatic N) is 1. The average Bonchev–Trinajstić information content (AvgIpc) is 2.74. The first-order valence-corrected chi connectivity index (χ1v) is 6.79. The molecule has 1 fully saturated rings. The standard InChI is InChI=1S/C12H14FIN2O/c1-17-8-2-7-5-15-11-4-10(14)9(13)3-12(11)16(7)6-8/h3-4,7-8,15H,2,5-6H2,1H3. The van der Waals surface area contributed by atoms with E-state index in [1.165, 1.54) is 0 Å². The maximum atomic E-state index is 13.6. The summed E-state index contributed by atoms with van der Waals surface area (Å²) in [5.74, 6) is -0.146. The molecular formula is C12H14FIN2O. The summed E-state index contributed by atoms with van der Waals surface area (Å²) in [6.07, 6.45) is 1.27. The van der Waals surface area contributed by atoms with Gasteiger partial charge in [-0.25, -0.2) is 4.39 Å². The number of methoxy groups -OCH3 is 1. The number of fused-ring (bicyclic) bond motifs is 3. The molecular weight excluding hydrogens is 334 g/mol. The van der Waals surface area contributed by atoms with Crippen molar-refractivity contribution in [2.45, 2.75) is 18.6 Å². The van der Waals surface area contributed by atoms with Crippen LogP contribution in [0.25, 0.3) is 0 Å². The van der Waals surface area contributed by atoms with Crippen molar-refractivity contribution < 1.29 is 9.13 Å². The molecule has 0 radical (unpaired) electrons. The molecule has 3 rings (SSSR count). The SMILES string of the molecule is COC1CC2CNc3cc(I)c(F)cc3N2C1. The molecule has 1 N–H and O–H groups in total. The molecule has 0 bridgehead atoms. The lowest BCUT2D eigenvalue weighted by molar-refractivity contribution is 0.118. The molecule has 2 atom stereocenters. The van der Waals surface area contributed by atoms with Crippen LogP contribution in [0.2, 0.25) is 0 Å². The third-order valence-corrected chi connectivity index (χ3v) is 4.41. The molecule has 0 aromatic heterocycles. The molecule has 2 aliphatic rings. The number of ether oxygens (including phenoxy) is 1. The molecule has 2 unspecified atom stereocenters. The average molecular weight is 348 g/mol. The lowest BCUT2D eigenvalue weighted by Gasteiger charge is -2.34. The number of benzene rings is 1. The van der Waals surface area contributed by atoms with Crippen LogP contribution in [0.3, 0.4) is 0 Å². The van der Waals surface area contributed by atoms with Crippen molar-refractivity contribution in [2.24, 2.45) is 0 Å². The van der Waals surface area contributed by atoms with Gasteiger partial charge in [0, 0.05) is 32.3 Å². The van der Waals surface area contributed by atoms with Gasteiger partial charge >= 0.3 is 0 Å². The van der Waals surface area contributed by atoms with E-state index in [-0.39, 0.29) is 11.9 Å². The summed E-state index contributed by atoms with van der Waals surface area (Å²) in [6.45, 7) is 1.77. The van der Waals surface area contributed by atoms with E-state index in [0.717, 1.165) is 30.9 Å². The first kappa shape index (κ1) is 11.5. The summed E-state index contributed by atoms with van der Waals surface area (Å²) in [5.41, 5.74) is 2.00. The first-order valence-electron chi connectivity index (χ1n) is 5.71. The second kappa shape index (κ2) is 4.28. The van der Waals surface area contributed by atoms with Gasteiger partial charge in [-0.15, -0.1) is 0 Å². The van der Waals surface area contributed by atoms with Crippen LogP contribution < -0.4 is 10.2 Å². The van der Waals surface area contributed by atoms with E-state index in [1.807, 2.05) is 28.7 Å². The van der Waals surface area contributed by atoms with Crippen LogP contribution in [0.4, 0.5) is 15.8 Å². The van der Waals surface area contributed by atoms with Crippen LogP contribution in [0.1, 0.15) is 6.42 Å². The molecule has 92 valence electrons. The summed E-state index contributed by atoms with van der Waals surface area (Å²) < 4.78 is 19.7. The third-order valence-electron chi connectivity index (χ3n) is 3.59. The highest BCUT2D eigenvalue weighted by Crippen LogP contribution is 2.38. The highest BCUT2D eigenvalue weighted by atomic mass is 127. The second-order valence-corrected chi connectivity index (χ2v) is 5.73. The Morgan fingerprint density at radius 2 is 2.35 bits per heavy atom. The van der Waals surface area contributed by atoms with Crippen LogP contribution in [0.15, 0.2) is 12.1 Å². The highest BCUT2D eigenvalue weighted by Gasteiger charge is 2.36. The summed E-state index contributed by atoms with van der Waals surface area (Å²) in [7, 11) is 1.74. The second-order valence-electron chi connectivity index (χ2n) is 4.56. The van der Waals surface area contributed by atoms with Gasteiger partial charge in [0.25, 0.3) is 0 Å². The van der Waals surface area contributed by atoms with E-state index in [4.69, 9.17) is 4.74 Å². The van der Waals surface area contributed by atoms with Crippen molar-refractivity contribution in [3.63, 3.8) is 0 Å². The van der Waals surface area contributed by atoms with E-state index in [0.29, 0.717) is 9.61 Å². The normalized spacial score (nSPS) is 26.4. The monoisotopic (exact) mass is 348 g/mol. The van der Waals surface area contributed by atoms with Crippen molar-refractivity contribution in [1.82, 2.24) is 0 Å². The number of nitrogens with one attached hydrogen (secondary N) is 1. The van der Waals surface area contributed by atoms with E-state index in [2.05, 4.69) is 10.2 Å². The van der Waals surface area contributed by atoms with Crippen LogP contribution in [0.5, 0.6) is 0 Å². The van der Waals surface area contributed by atoms with E-state index < -0.39 is 0 Å². The minimum atomic E-state index is -0.146. The highest BCUT2D eigenvalue weighted by molar-refractivity contribution is 14.1. The molecule has 1 aromatic rings. The lowest BCUT2D eigenvalue weighted by Crippen LogP contribution is -2.39. The van der Waals surface area contributed by atoms with Gasteiger partial charge < -0.3 is 15.0 Å². The minimum Gasteiger partial charge on any atom is -0.381 e. The first-order chi connectivity index (χ1) is 8.19. The van der Waals surface area contributed by atoms with Gasteiger partial charge in [0.1, 0.15) is 5.82 Å². The van der Waals surface area contributed by atoms with Crippen LogP contribution in [0, 0.1) is 9.39 Å². The van der Waals surface area contributed by atoms with E-state index >= 15 is 0 Å². The molecule has 0 aliphatic carbocycles. The van der Waals surface area contributed by atoms with Crippen LogP contribution >= 0.6 is 22.6 Å². The van der Waals surface area contributed by atoms with Gasteiger partial charge in [0.2, 0.25) is 0 Å². The zero-order chi connectivity index (χ0) is 12.0. The summed E-state index contributed by atoms with van der Waals surface area (Å²) >= 11 is 2.02. The Kier molecular flexibility index (Phi) is 2.90. The predicted octanol–water partition coefficient (Wildman–Crippen LogP) is 2.45. The largest absolute Gasteiger partial charge is 0.381 e. The summed E-state index contributed by atoms with van der Waals surface area (Å²) in [4.78, 5) is 2.26. The van der Waals surface area contributed by atoms with Gasteiger partial charge in [-0.1, -0.05) is 0 Å². The van der Waals surface area contributed by atoms with Crippen molar-refractivity contribution in [2.75, 3.05) is 30.4 Å². The molecule has 2 aliphatic heterocycles. The number of halogens is 2. The van der Waals surface area contributed by atoms with Crippen LogP contribution in [-0.4, -0.2) is 32.3 Å². The Hall–Kier alpha value is -0.560. The lowest BCUT2D eigenvalue weighted by atomic mass is 10.1. The Labute approximate surface area is 113 Å². The van der Waals surface area contributed by atoms with Crippen molar-refractivity contribution in [3.8, 4) is 0 Å². The van der Waals surface area contributed by atoms with Gasteiger partial charge in [-0.3, -0.25) is 0 Å². The van der Waals surface area contributed by atoms with Crippen LogP contribution in [-0.2, 0) is 4.74 Å². The van der Waals surface area contributed by atoms with Gasteiger partial charge in [0.15, 0.2) is 0 Å². The van der Waals surface area contributed by atoms with Gasteiger partial charge in [-0.2, -0.15) is 0 Å². The number of hydrogen-bond donors (Lipinski definition) is 1. The molecule has 5 heteroatoms. The fraction of sp³-hybridized carbons (Fsp3) is 0.500. The topological polar surface area (TPSA) is 24.5 Å². The minimum absolute atomic E-state index is 0.146. The molecule has 1 aromatic carbocycles. The summed E-state index contributed by atoms with van der Waals surface area (Å²) in [5, 5.41) is 3.38. The van der Waals surface area contributed by atoms with Gasteiger partial charge in [0.05, 0.1) is 21.0 Å². The zero-order valence-electron chi connectivity index (χ0n) is 9.54.